The number of rotatable bonds is 3. The summed E-state index contributed by atoms with van der Waals surface area (Å²) in [5.41, 5.74) is 2.83. The molecule has 4 rings (SSSR count). The topological polar surface area (TPSA) is 50.3 Å². The normalized spacial score (nSPS) is 27.6. The van der Waals surface area contributed by atoms with E-state index in [1.807, 2.05) is 6.20 Å². The van der Waals surface area contributed by atoms with Crippen LogP contribution in [0.15, 0.2) is 6.20 Å². The van der Waals surface area contributed by atoms with Crippen molar-refractivity contribution >= 4 is 0 Å². The van der Waals surface area contributed by atoms with Gasteiger partial charge in [0, 0.05) is 36.3 Å². The monoisotopic (exact) mass is 274 g/mol. The van der Waals surface area contributed by atoms with E-state index in [2.05, 4.69) is 27.2 Å². The molecule has 1 aromatic rings. The molecule has 1 saturated carbocycles. The van der Waals surface area contributed by atoms with E-state index in [1.54, 1.807) is 0 Å². The van der Waals surface area contributed by atoms with Gasteiger partial charge in [0.1, 0.15) is 6.61 Å². The molecule has 5 nitrogen and oxygen atoms in total. The second kappa shape index (κ2) is 4.67. The van der Waals surface area contributed by atoms with Gasteiger partial charge in [-0.25, -0.2) is 4.98 Å². The molecule has 20 heavy (non-hydrogen) atoms. The van der Waals surface area contributed by atoms with Gasteiger partial charge in [-0.15, -0.1) is 0 Å². The van der Waals surface area contributed by atoms with Crippen molar-refractivity contribution in [1.82, 2.24) is 20.2 Å². The van der Waals surface area contributed by atoms with Crippen molar-refractivity contribution in [2.45, 2.75) is 43.7 Å². The molecule has 1 aliphatic carbocycles. The fraction of sp³-hybridized carbons (Fsp3) is 0.733. The molecule has 1 unspecified atom stereocenters. The summed E-state index contributed by atoms with van der Waals surface area (Å²) in [6.07, 6.45) is 7.02. The van der Waals surface area contributed by atoms with Crippen molar-refractivity contribution in [1.29, 1.82) is 0 Å². The van der Waals surface area contributed by atoms with Crippen LogP contribution in [0.3, 0.4) is 0 Å². The third-order valence-electron chi connectivity index (χ3n) is 5.10. The molecular formula is C15H22N4O. The van der Waals surface area contributed by atoms with Crippen LogP contribution in [-0.2, 0) is 12.0 Å². The van der Waals surface area contributed by atoms with Crippen LogP contribution in [-0.4, -0.2) is 47.7 Å². The molecule has 0 radical (unpaired) electrons. The highest BCUT2D eigenvalue weighted by atomic mass is 16.5. The SMILES string of the molecule is CN1CCCC1COc1ncc2c(n1)CNCC21CC1. The number of ether oxygens (including phenoxy) is 1. The van der Waals surface area contributed by atoms with Crippen LogP contribution in [0.5, 0.6) is 6.01 Å². The molecule has 5 heteroatoms. The Labute approximate surface area is 119 Å². The lowest BCUT2D eigenvalue weighted by atomic mass is 9.93. The fourth-order valence-corrected chi connectivity index (χ4v) is 3.52. The highest BCUT2D eigenvalue weighted by molar-refractivity contribution is 5.36. The molecule has 1 saturated heterocycles. The number of nitrogens with zero attached hydrogens (tertiary/aromatic N) is 3. The lowest BCUT2D eigenvalue weighted by Crippen LogP contribution is -2.34. The molecule has 108 valence electrons. The van der Waals surface area contributed by atoms with Crippen LogP contribution in [0.4, 0.5) is 0 Å². The zero-order valence-electron chi connectivity index (χ0n) is 12.1. The van der Waals surface area contributed by atoms with Crippen molar-refractivity contribution in [2.75, 3.05) is 26.7 Å². The molecule has 3 heterocycles. The van der Waals surface area contributed by atoms with Gasteiger partial charge >= 0.3 is 6.01 Å². The molecular weight excluding hydrogens is 252 g/mol. The zero-order valence-corrected chi connectivity index (χ0v) is 12.1. The number of hydrogen-bond acceptors (Lipinski definition) is 5. The smallest absolute Gasteiger partial charge is 0.316 e. The summed E-state index contributed by atoms with van der Waals surface area (Å²) in [6, 6.07) is 1.06. The minimum atomic E-state index is 0.345. The van der Waals surface area contributed by atoms with Gasteiger partial charge in [0.15, 0.2) is 0 Å². The Morgan fingerprint density at radius 3 is 3.15 bits per heavy atom. The maximum Gasteiger partial charge on any atom is 0.316 e. The van der Waals surface area contributed by atoms with Gasteiger partial charge in [0.05, 0.1) is 5.69 Å². The third-order valence-corrected chi connectivity index (χ3v) is 5.10. The zero-order chi connectivity index (χ0) is 13.6. The molecule has 3 aliphatic rings. The van der Waals surface area contributed by atoms with E-state index < -0.39 is 0 Å². The summed E-state index contributed by atoms with van der Waals surface area (Å²) in [5.74, 6) is 0. The van der Waals surface area contributed by atoms with Crippen molar-refractivity contribution < 1.29 is 4.74 Å². The lowest BCUT2D eigenvalue weighted by molar-refractivity contribution is 0.187. The van der Waals surface area contributed by atoms with Crippen LogP contribution in [0.25, 0.3) is 0 Å². The number of likely N-dealkylation sites (N-methyl/N-ethyl adjacent to an activating group) is 1. The van der Waals surface area contributed by atoms with E-state index >= 15 is 0 Å². The van der Waals surface area contributed by atoms with E-state index in [-0.39, 0.29) is 0 Å². The summed E-state index contributed by atoms with van der Waals surface area (Å²) in [5, 5.41) is 3.47. The second-order valence-corrected chi connectivity index (χ2v) is 6.48. The van der Waals surface area contributed by atoms with Crippen LogP contribution in [0.2, 0.25) is 0 Å². The number of likely N-dealkylation sites (tertiary alicyclic amines) is 1. The van der Waals surface area contributed by atoms with E-state index in [4.69, 9.17) is 4.74 Å². The Balaban J connectivity index is 1.47. The summed E-state index contributed by atoms with van der Waals surface area (Å²) in [6.45, 7) is 3.80. The average Bonchev–Trinajstić information content (AvgIpc) is 3.10. The predicted octanol–water partition coefficient (Wildman–Crippen LogP) is 1.08. The van der Waals surface area contributed by atoms with Crippen molar-refractivity contribution in [3.05, 3.63) is 17.5 Å². The Bertz CT molecular complexity index is 515. The summed E-state index contributed by atoms with van der Waals surface area (Å²) in [4.78, 5) is 11.4. The third kappa shape index (κ3) is 2.09. The first-order valence-electron chi connectivity index (χ1n) is 7.67. The van der Waals surface area contributed by atoms with E-state index in [1.165, 1.54) is 37.8 Å². The molecule has 0 aromatic carbocycles. The average molecular weight is 274 g/mol. The minimum absolute atomic E-state index is 0.345. The number of nitrogens with one attached hydrogen (secondary N) is 1. The van der Waals surface area contributed by atoms with Crippen molar-refractivity contribution in [3.63, 3.8) is 0 Å². The number of fused-ring (bicyclic) bond motifs is 2. The number of hydrogen-bond donors (Lipinski definition) is 1. The quantitative estimate of drug-likeness (QED) is 0.894. The fourth-order valence-electron chi connectivity index (χ4n) is 3.52. The maximum absolute atomic E-state index is 5.82. The van der Waals surface area contributed by atoms with E-state index in [0.29, 0.717) is 24.1 Å². The Morgan fingerprint density at radius 2 is 2.40 bits per heavy atom. The molecule has 2 fully saturated rings. The van der Waals surface area contributed by atoms with Gasteiger partial charge in [-0.3, -0.25) is 0 Å². The largest absolute Gasteiger partial charge is 0.462 e. The van der Waals surface area contributed by atoms with Crippen molar-refractivity contribution in [3.8, 4) is 6.01 Å². The standard InChI is InChI=1S/C15H22N4O/c1-19-6-2-3-11(19)9-20-14-17-7-12-13(18-14)8-16-10-15(12)4-5-15/h7,11,16H,2-6,8-10H2,1H3. The van der Waals surface area contributed by atoms with Gasteiger partial charge in [0.2, 0.25) is 0 Å². The lowest BCUT2D eigenvalue weighted by Gasteiger charge is -2.25. The van der Waals surface area contributed by atoms with E-state index in [9.17, 15) is 0 Å². The van der Waals surface area contributed by atoms with Gasteiger partial charge < -0.3 is 15.0 Å². The highest BCUT2D eigenvalue weighted by Gasteiger charge is 2.47. The first-order chi connectivity index (χ1) is 9.77. The van der Waals surface area contributed by atoms with Crippen LogP contribution in [0, 0.1) is 0 Å². The Hall–Kier alpha value is -1.20. The summed E-state index contributed by atoms with van der Waals surface area (Å²) >= 11 is 0. The minimum Gasteiger partial charge on any atom is -0.462 e. The van der Waals surface area contributed by atoms with Crippen molar-refractivity contribution in [2.24, 2.45) is 0 Å². The Morgan fingerprint density at radius 1 is 1.50 bits per heavy atom. The maximum atomic E-state index is 5.82. The van der Waals surface area contributed by atoms with Gasteiger partial charge in [-0.2, -0.15) is 4.98 Å². The van der Waals surface area contributed by atoms with Gasteiger partial charge in [-0.05, 0) is 39.3 Å². The second-order valence-electron chi connectivity index (χ2n) is 6.48. The number of aromatic nitrogens is 2. The summed E-state index contributed by atoms with van der Waals surface area (Å²) < 4.78 is 5.82. The van der Waals surface area contributed by atoms with Gasteiger partial charge in [0.25, 0.3) is 0 Å². The molecule has 2 aliphatic heterocycles. The van der Waals surface area contributed by atoms with E-state index in [0.717, 1.165) is 18.8 Å². The van der Waals surface area contributed by atoms with Gasteiger partial charge in [-0.1, -0.05) is 0 Å². The molecule has 1 atom stereocenters. The highest BCUT2D eigenvalue weighted by Crippen LogP contribution is 2.49. The molecule has 1 aromatic heterocycles. The van der Waals surface area contributed by atoms with Crippen LogP contribution >= 0.6 is 0 Å². The first-order valence-corrected chi connectivity index (χ1v) is 7.67. The van der Waals surface area contributed by atoms with Crippen LogP contribution in [0.1, 0.15) is 36.9 Å². The van der Waals surface area contributed by atoms with Crippen LogP contribution < -0.4 is 10.1 Å². The molecule has 0 bridgehead atoms. The molecule has 0 amide bonds. The Kier molecular flexibility index (Phi) is 2.93. The predicted molar refractivity (Wildman–Crippen MR) is 75.8 cm³/mol. The molecule has 1 spiro atoms. The molecule has 1 N–H and O–H groups in total. The first kappa shape index (κ1) is 12.5. The summed E-state index contributed by atoms with van der Waals surface area (Å²) in [7, 11) is 2.16.